The van der Waals surface area contributed by atoms with E-state index in [0.717, 1.165) is 70.6 Å². The zero-order valence-corrected chi connectivity index (χ0v) is 76.5. The standard InChI is InChI=1S/C91H160N4O26/c1-15-80-55-82(121-90(105)27-26-64(2)96)57-95(80)89(104)25-23-21-19-17-16-18-20-22-24-81(100)56-91(61-112-34-28-86(101)92-31-37-106-40-43-109-46-49-115-83-52-77(58-118-74(12)97)68(6)65(3)71(83)9,62-113-35-29-87(102)93-32-38-107-41-44-110-47-50-116-84-53-78(59-119-75(13)98)69(7)66(4)72(84)10)63-114-36-30-88(103)94-33-39-108-42-45-111-48-51-117-85-54-79(60-120-76(14)99)70(8)67(5)73(85)11/h65-73,77-80,82-85H,15-63H2,1-14H3,(H,92,101)(H,93,102)(H,94,103)/t65?,66?,67?,68?,69?,70?,71?,72?,73?,77?,78?,79?,80-,82-,83?,84?,85?,91?/m1/s1. The number of unbranched alkanes of at least 4 members (excludes halogenated alkanes) is 7. The number of carbonyl (C=O) groups is 10. The van der Waals surface area contributed by atoms with Crippen LogP contribution >= 0.6 is 0 Å². The Bertz CT molecular complexity index is 2700. The van der Waals surface area contributed by atoms with Crippen molar-refractivity contribution < 1.29 is 124 Å². The van der Waals surface area contributed by atoms with Crippen LogP contribution < -0.4 is 16.0 Å². The van der Waals surface area contributed by atoms with Crippen molar-refractivity contribution in [3.63, 3.8) is 0 Å². The van der Waals surface area contributed by atoms with Crippen LogP contribution in [-0.4, -0.2) is 279 Å². The number of rotatable bonds is 69. The van der Waals surface area contributed by atoms with E-state index in [1.807, 2.05) is 11.8 Å². The summed E-state index contributed by atoms with van der Waals surface area (Å²) in [7, 11) is 0. The van der Waals surface area contributed by atoms with Gasteiger partial charge in [0, 0.05) is 103 Å². The Balaban J connectivity index is 1.28. The van der Waals surface area contributed by atoms with Crippen molar-refractivity contribution in [1.29, 1.82) is 0 Å². The van der Waals surface area contributed by atoms with E-state index in [1.54, 1.807) is 0 Å². The Labute approximate surface area is 723 Å². The molecule has 0 aromatic rings. The Morgan fingerprint density at radius 1 is 0.347 bits per heavy atom. The molecule has 4 amide bonds. The van der Waals surface area contributed by atoms with Crippen LogP contribution in [0.1, 0.15) is 232 Å². The van der Waals surface area contributed by atoms with Gasteiger partial charge in [-0.2, -0.15) is 0 Å². The first-order chi connectivity index (χ1) is 58.0. The first-order valence-electron chi connectivity index (χ1n) is 45.8. The van der Waals surface area contributed by atoms with Gasteiger partial charge in [-0.05, 0) is 116 Å². The summed E-state index contributed by atoms with van der Waals surface area (Å²) in [6.45, 7) is 35.2. The van der Waals surface area contributed by atoms with E-state index in [0.29, 0.717) is 185 Å². The molecule has 1 saturated heterocycles. The van der Waals surface area contributed by atoms with Crippen LogP contribution in [0.25, 0.3) is 0 Å². The smallest absolute Gasteiger partial charge is 0.306 e. The first kappa shape index (κ1) is 108. The van der Waals surface area contributed by atoms with Gasteiger partial charge in [0.05, 0.1) is 190 Å². The van der Waals surface area contributed by atoms with Crippen molar-refractivity contribution in [1.82, 2.24) is 20.9 Å². The molecule has 1 heterocycles. The molecule has 30 nitrogen and oxygen atoms in total. The summed E-state index contributed by atoms with van der Waals surface area (Å²) in [5.41, 5.74) is -1.07. The molecule has 0 spiro atoms. The molecule has 1 aliphatic heterocycles. The Morgan fingerprint density at radius 2 is 0.678 bits per heavy atom. The lowest BCUT2D eigenvalue weighted by molar-refractivity contribution is -0.150. The van der Waals surface area contributed by atoms with E-state index in [2.05, 4.69) is 78.3 Å². The summed E-state index contributed by atoms with van der Waals surface area (Å²) in [5, 5.41) is 8.64. The van der Waals surface area contributed by atoms with Gasteiger partial charge < -0.3 is 101 Å². The minimum absolute atomic E-state index is 0.00321. The fourth-order valence-corrected chi connectivity index (χ4v) is 16.8. The average molecular weight is 1730 g/mol. The molecule has 0 bridgehead atoms. The van der Waals surface area contributed by atoms with Crippen LogP contribution in [-0.2, 0) is 124 Å². The van der Waals surface area contributed by atoms with Crippen LogP contribution in [0.4, 0.5) is 0 Å². The molecule has 4 rings (SSSR count). The Hall–Kier alpha value is -5.38. The minimum Gasteiger partial charge on any atom is -0.466 e. The van der Waals surface area contributed by atoms with Crippen molar-refractivity contribution in [3.05, 3.63) is 0 Å². The summed E-state index contributed by atoms with van der Waals surface area (Å²) in [6.07, 6.45) is 11.5. The van der Waals surface area contributed by atoms with Crippen LogP contribution in [0.3, 0.4) is 0 Å². The number of likely N-dealkylation sites (tertiary alicyclic amines) is 1. The van der Waals surface area contributed by atoms with E-state index in [4.69, 9.17) is 75.8 Å². The maximum absolute atomic E-state index is 14.2. The fourth-order valence-electron chi connectivity index (χ4n) is 16.8. The van der Waals surface area contributed by atoms with Gasteiger partial charge in [-0.1, -0.05) is 108 Å². The second-order valence-corrected chi connectivity index (χ2v) is 34.7. The monoisotopic (exact) mass is 1730 g/mol. The largest absolute Gasteiger partial charge is 0.466 e. The topological polar surface area (TPSA) is 358 Å². The van der Waals surface area contributed by atoms with E-state index in [1.165, 1.54) is 27.7 Å². The lowest BCUT2D eigenvalue weighted by Crippen LogP contribution is -2.43. The van der Waals surface area contributed by atoms with Crippen molar-refractivity contribution in [2.24, 2.45) is 76.4 Å². The van der Waals surface area contributed by atoms with Gasteiger partial charge in [0.1, 0.15) is 17.7 Å². The molecule has 30 heteroatoms. The number of esters is 4. The van der Waals surface area contributed by atoms with E-state index in [-0.39, 0.29) is 219 Å². The molecule has 3 saturated carbocycles. The van der Waals surface area contributed by atoms with Gasteiger partial charge in [-0.25, -0.2) is 0 Å². The van der Waals surface area contributed by atoms with E-state index in [9.17, 15) is 47.9 Å². The molecule has 15 unspecified atom stereocenters. The minimum atomic E-state index is -1.07. The lowest BCUT2D eigenvalue weighted by Gasteiger charge is -2.43. The summed E-state index contributed by atoms with van der Waals surface area (Å²) >= 11 is 0. The Kier molecular flexibility index (Phi) is 56.7. The van der Waals surface area contributed by atoms with Gasteiger partial charge in [0.15, 0.2) is 0 Å². The summed E-state index contributed by atoms with van der Waals surface area (Å²) in [6, 6.07) is 0.0161. The summed E-state index contributed by atoms with van der Waals surface area (Å²) in [5.74, 6) is 2.16. The molecular weight excluding hydrogens is 1570 g/mol. The highest BCUT2D eigenvalue weighted by Gasteiger charge is 2.43. The van der Waals surface area contributed by atoms with Crippen LogP contribution in [0.5, 0.6) is 0 Å². The number of ketones is 2. The number of Topliss-reactive ketones (excluding diaryl/α,β-unsaturated/α-hetero) is 2. The third kappa shape index (κ3) is 46.1. The molecule has 700 valence electrons. The van der Waals surface area contributed by atoms with Gasteiger partial charge in [0.2, 0.25) is 23.6 Å². The molecule has 0 aromatic carbocycles. The third-order valence-corrected chi connectivity index (χ3v) is 25.5. The molecule has 121 heavy (non-hydrogen) atoms. The number of amides is 4. The maximum Gasteiger partial charge on any atom is 0.306 e. The molecule has 4 fully saturated rings. The van der Waals surface area contributed by atoms with Crippen molar-refractivity contribution >= 4 is 59.1 Å². The van der Waals surface area contributed by atoms with Crippen molar-refractivity contribution in [3.8, 4) is 0 Å². The van der Waals surface area contributed by atoms with Gasteiger partial charge >= 0.3 is 23.9 Å². The molecule has 17 atom stereocenters. The van der Waals surface area contributed by atoms with E-state index >= 15 is 0 Å². The van der Waals surface area contributed by atoms with Crippen LogP contribution in [0.15, 0.2) is 0 Å². The highest BCUT2D eigenvalue weighted by Crippen LogP contribution is 2.43. The number of hydrogen-bond acceptors (Lipinski definition) is 26. The summed E-state index contributed by atoms with van der Waals surface area (Å²) < 4.78 is 93.9. The lowest BCUT2D eigenvalue weighted by atomic mass is 9.67. The highest BCUT2D eigenvalue weighted by molar-refractivity contribution is 5.81. The van der Waals surface area contributed by atoms with Crippen LogP contribution in [0.2, 0.25) is 0 Å². The molecular formula is C91H160N4O26. The van der Waals surface area contributed by atoms with Gasteiger partial charge in [0.25, 0.3) is 0 Å². The second kappa shape index (κ2) is 63.5. The van der Waals surface area contributed by atoms with Crippen molar-refractivity contribution in [2.45, 2.75) is 262 Å². The predicted octanol–water partition coefficient (Wildman–Crippen LogP) is 10.4. The zero-order valence-electron chi connectivity index (χ0n) is 76.5. The fraction of sp³-hybridized carbons (Fsp3) is 0.890. The number of ether oxygens (including phenoxy) is 16. The Morgan fingerprint density at radius 3 is 1.02 bits per heavy atom. The molecule has 0 radical (unpaired) electrons. The highest BCUT2D eigenvalue weighted by atomic mass is 16.6. The summed E-state index contributed by atoms with van der Waals surface area (Å²) in [4.78, 5) is 127. The molecule has 4 aliphatic rings. The van der Waals surface area contributed by atoms with Gasteiger partial charge in [-0.15, -0.1) is 0 Å². The van der Waals surface area contributed by atoms with Crippen LogP contribution in [0, 0.1) is 76.4 Å². The normalized spacial score (nSPS) is 25.3. The number of nitrogens with one attached hydrogen (secondary N) is 3. The molecule has 3 aliphatic carbocycles. The quantitative estimate of drug-likeness (QED) is 0.0289. The third-order valence-electron chi connectivity index (χ3n) is 25.5. The van der Waals surface area contributed by atoms with Crippen molar-refractivity contribution in [2.75, 3.05) is 185 Å². The second-order valence-electron chi connectivity index (χ2n) is 34.7. The predicted molar refractivity (Wildman–Crippen MR) is 455 cm³/mol. The number of carbonyl (C=O) groups excluding carboxylic acids is 10. The van der Waals surface area contributed by atoms with E-state index < -0.39 is 11.4 Å². The molecule has 3 N–H and O–H groups in total. The zero-order chi connectivity index (χ0) is 88.7. The van der Waals surface area contributed by atoms with Gasteiger partial charge in [-0.3, -0.25) is 43.2 Å². The SMILES string of the molecule is CC[C@@H]1C[C@@H](OC(=O)CCC(C)=O)CN1C(=O)CCCCCCCCCCC(=O)CC(COCCC(=O)NCCOCCOCCOC1CC(COC(C)=O)C(C)C(C)C1C)(COCCC(=O)NCCOCCOCCOC1CC(COC(C)=O)C(C)C(C)C1C)COCCC(=O)NCCOCCOCCOC1CC(COC(C)=O)C(C)C(C)C1C. The number of nitrogens with zero attached hydrogens (tertiary/aromatic N) is 1. The first-order valence-corrected chi connectivity index (χ1v) is 45.8. The maximum atomic E-state index is 14.2. The number of hydrogen-bond donors (Lipinski definition) is 3. The average Bonchev–Trinajstić information content (AvgIpc) is 1.76. The molecule has 0 aromatic heterocycles.